The van der Waals surface area contributed by atoms with Gasteiger partial charge < -0.3 is 5.11 Å². The monoisotopic (exact) mass is 303 g/mol. The summed E-state index contributed by atoms with van der Waals surface area (Å²) >= 11 is 0. The molecule has 0 saturated heterocycles. The van der Waals surface area contributed by atoms with E-state index in [0.717, 1.165) is 18.2 Å². The molecule has 0 aliphatic rings. The average Bonchev–Trinajstić information content (AvgIpc) is 2.48. The minimum atomic E-state index is -1.44. The molecule has 0 aromatic heterocycles. The van der Waals surface area contributed by atoms with Gasteiger partial charge in [0.15, 0.2) is 0 Å². The lowest BCUT2D eigenvalue weighted by atomic mass is 10.2. The van der Waals surface area contributed by atoms with Gasteiger partial charge in [-0.2, -0.15) is 0 Å². The predicted octanol–water partition coefficient (Wildman–Crippen LogP) is 3.32. The molecule has 0 aliphatic heterocycles. The lowest BCUT2D eigenvalue weighted by Gasteiger charge is -2.18. The second-order valence-corrected chi connectivity index (χ2v) is 4.14. The number of para-hydroxylation sites is 1. The normalized spacial score (nSPS) is 10.0. The molecule has 0 atom stereocenters. The zero-order valence-corrected chi connectivity index (χ0v) is 10.9. The van der Waals surface area contributed by atoms with E-state index >= 15 is 0 Å². The third kappa shape index (κ3) is 2.82. The number of hydrogen-bond donors (Lipinski definition) is 1. The number of non-ortho nitro benzene ring substituents is 1. The van der Waals surface area contributed by atoms with Crippen LogP contribution in [0, 0.1) is 20.2 Å². The van der Waals surface area contributed by atoms with Crippen molar-refractivity contribution in [3.8, 4) is 0 Å². The summed E-state index contributed by atoms with van der Waals surface area (Å²) in [5, 5.41) is 31.2. The van der Waals surface area contributed by atoms with Crippen molar-refractivity contribution in [1.29, 1.82) is 0 Å². The lowest BCUT2D eigenvalue weighted by Crippen LogP contribution is -2.24. The highest BCUT2D eigenvalue weighted by molar-refractivity contribution is 5.97. The third-order valence-electron chi connectivity index (χ3n) is 2.81. The largest absolute Gasteiger partial charge is 0.464 e. The van der Waals surface area contributed by atoms with Gasteiger partial charge in [0.2, 0.25) is 0 Å². The van der Waals surface area contributed by atoms with Gasteiger partial charge in [-0.05, 0) is 18.2 Å². The minimum Gasteiger partial charge on any atom is -0.464 e. The Morgan fingerprint density at radius 3 is 2.14 bits per heavy atom. The first-order valence-corrected chi connectivity index (χ1v) is 5.92. The summed E-state index contributed by atoms with van der Waals surface area (Å²) in [5.74, 6) is 0. The first kappa shape index (κ1) is 14.9. The summed E-state index contributed by atoms with van der Waals surface area (Å²) in [7, 11) is 0. The highest BCUT2D eigenvalue weighted by atomic mass is 16.6. The summed E-state index contributed by atoms with van der Waals surface area (Å²) in [4.78, 5) is 32.3. The van der Waals surface area contributed by atoms with Crippen LogP contribution in [0.2, 0.25) is 0 Å². The van der Waals surface area contributed by atoms with Gasteiger partial charge in [0.1, 0.15) is 5.69 Å². The standard InChI is InChI=1S/C13H9N3O6/c17-13(18)14(9-4-2-1-3-5-9)11-7-6-10(15(19)20)8-12(11)16(21)22/h1-8H,(H,17,18). The number of rotatable bonds is 4. The van der Waals surface area contributed by atoms with Crippen LogP contribution in [0.3, 0.4) is 0 Å². The molecule has 112 valence electrons. The van der Waals surface area contributed by atoms with Crippen molar-refractivity contribution in [2.75, 3.05) is 4.90 Å². The number of hydrogen-bond acceptors (Lipinski definition) is 5. The first-order chi connectivity index (χ1) is 10.4. The fourth-order valence-electron chi connectivity index (χ4n) is 1.89. The molecule has 0 fully saturated rings. The van der Waals surface area contributed by atoms with E-state index in [1.165, 1.54) is 12.1 Å². The van der Waals surface area contributed by atoms with Gasteiger partial charge in [-0.3, -0.25) is 20.2 Å². The topological polar surface area (TPSA) is 127 Å². The molecule has 0 spiro atoms. The first-order valence-electron chi connectivity index (χ1n) is 5.92. The maximum atomic E-state index is 11.5. The van der Waals surface area contributed by atoms with Gasteiger partial charge in [-0.15, -0.1) is 0 Å². The number of anilines is 2. The van der Waals surface area contributed by atoms with E-state index in [-0.39, 0.29) is 11.4 Å². The van der Waals surface area contributed by atoms with Crippen LogP contribution in [-0.4, -0.2) is 21.0 Å². The molecule has 2 aromatic carbocycles. The van der Waals surface area contributed by atoms with E-state index in [2.05, 4.69) is 0 Å². The van der Waals surface area contributed by atoms with Gasteiger partial charge in [-0.1, -0.05) is 18.2 Å². The van der Waals surface area contributed by atoms with Gasteiger partial charge in [0, 0.05) is 6.07 Å². The molecule has 2 aromatic rings. The molecule has 1 N–H and O–H groups in total. The van der Waals surface area contributed by atoms with Crippen LogP contribution in [0.1, 0.15) is 0 Å². The van der Waals surface area contributed by atoms with Gasteiger partial charge >= 0.3 is 6.09 Å². The Labute approximate surface area is 123 Å². The van der Waals surface area contributed by atoms with Crippen molar-refractivity contribution in [3.63, 3.8) is 0 Å². The Bertz CT molecular complexity index is 747. The van der Waals surface area contributed by atoms with Crippen molar-refractivity contribution in [3.05, 3.63) is 68.8 Å². The van der Waals surface area contributed by atoms with Crippen molar-refractivity contribution in [1.82, 2.24) is 0 Å². The Hall–Kier alpha value is -3.49. The predicted molar refractivity (Wildman–Crippen MR) is 76.4 cm³/mol. The molecule has 0 bridgehead atoms. The summed E-state index contributed by atoms with van der Waals surface area (Å²) in [6.45, 7) is 0. The van der Waals surface area contributed by atoms with Crippen LogP contribution in [0.4, 0.5) is 27.5 Å². The van der Waals surface area contributed by atoms with Crippen LogP contribution in [0.5, 0.6) is 0 Å². The molecule has 1 amide bonds. The van der Waals surface area contributed by atoms with E-state index in [9.17, 15) is 30.1 Å². The summed E-state index contributed by atoms with van der Waals surface area (Å²) in [6.07, 6.45) is -1.44. The molecule has 0 radical (unpaired) electrons. The van der Waals surface area contributed by atoms with E-state index in [0.29, 0.717) is 4.90 Å². The highest BCUT2D eigenvalue weighted by Gasteiger charge is 2.28. The fraction of sp³-hybridized carbons (Fsp3) is 0. The van der Waals surface area contributed by atoms with E-state index in [1.807, 2.05) is 0 Å². The Balaban J connectivity index is 2.64. The molecule has 22 heavy (non-hydrogen) atoms. The molecule has 9 heteroatoms. The maximum absolute atomic E-state index is 11.5. The van der Waals surface area contributed by atoms with E-state index < -0.39 is 27.3 Å². The fourth-order valence-corrected chi connectivity index (χ4v) is 1.89. The number of amides is 1. The summed E-state index contributed by atoms with van der Waals surface area (Å²) in [6, 6.07) is 10.5. The van der Waals surface area contributed by atoms with E-state index in [4.69, 9.17) is 0 Å². The smallest absolute Gasteiger partial charge is 0.416 e. The zero-order valence-electron chi connectivity index (χ0n) is 10.9. The van der Waals surface area contributed by atoms with Crippen LogP contribution >= 0.6 is 0 Å². The number of carboxylic acid groups (broad SMARTS) is 1. The number of nitro benzene ring substituents is 2. The van der Waals surface area contributed by atoms with Crippen LogP contribution in [-0.2, 0) is 0 Å². The van der Waals surface area contributed by atoms with Crippen LogP contribution in [0.25, 0.3) is 0 Å². The van der Waals surface area contributed by atoms with Crippen molar-refractivity contribution in [2.24, 2.45) is 0 Å². The van der Waals surface area contributed by atoms with Crippen molar-refractivity contribution < 1.29 is 19.7 Å². The molecular formula is C13H9N3O6. The molecule has 2 rings (SSSR count). The molecule has 0 heterocycles. The van der Waals surface area contributed by atoms with Crippen molar-refractivity contribution in [2.45, 2.75) is 0 Å². The van der Waals surface area contributed by atoms with Crippen LogP contribution in [0.15, 0.2) is 48.5 Å². The highest BCUT2D eigenvalue weighted by Crippen LogP contribution is 2.36. The van der Waals surface area contributed by atoms with Gasteiger partial charge in [0.25, 0.3) is 11.4 Å². The second kappa shape index (κ2) is 5.87. The minimum absolute atomic E-state index is 0.187. The second-order valence-electron chi connectivity index (χ2n) is 4.14. The number of carbonyl (C=O) groups is 1. The molecule has 0 saturated carbocycles. The number of nitro groups is 2. The molecule has 9 nitrogen and oxygen atoms in total. The summed E-state index contributed by atoms with van der Waals surface area (Å²) < 4.78 is 0. The van der Waals surface area contributed by atoms with Gasteiger partial charge in [-0.25, -0.2) is 9.69 Å². The Morgan fingerprint density at radius 1 is 1.00 bits per heavy atom. The number of nitrogens with zero attached hydrogens (tertiary/aromatic N) is 3. The Kier molecular flexibility index (Phi) is 3.98. The molecule has 0 aliphatic carbocycles. The van der Waals surface area contributed by atoms with E-state index in [1.54, 1.807) is 18.2 Å². The lowest BCUT2D eigenvalue weighted by molar-refractivity contribution is -0.393. The van der Waals surface area contributed by atoms with Crippen molar-refractivity contribution >= 4 is 28.8 Å². The number of benzene rings is 2. The third-order valence-corrected chi connectivity index (χ3v) is 2.81. The van der Waals surface area contributed by atoms with Gasteiger partial charge in [0.05, 0.1) is 21.6 Å². The zero-order chi connectivity index (χ0) is 16.3. The average molecular weight is 303 g/mol. The maximum Gasteiger partial charge on any atom is 0.416 e. The Morgan fingerprint density at radius 2 is 1.64 bits per heavy atom. The summed E-state index contributed by atoms with van der Waals surface area (Å²) in [5.41, 5.74) is -1.24. The quantitative estimate of drug-likeness (QED) is 0.681. The van der Waals surface area contributed by atoms with Crippen LogP contribution < -0.4 is 4.90 Å². The molecular weight excluding hydrogens is 294 g/mol. The SMILES string of the molecule is O=C(O)N(c1ccccc1)c1ccc([N+](=O)[O-])cc1[N+](=O)[O-]. The molecule has 0 unspecified atom stereocenters.